The molecule has 112 valence electrons. The minimum absolute atomic E-state index is 0.0486. The molecule has 2 rings (SSSR count). The van der Waals surface area contributed by atoms with Crippen molar-refractivity contribution < 1.29 is 18.3 Å². The number of rotatable bonds is 4. The largest absolute Gasteiger partial charge is 0.433 e. The van der Waals surface area contributed by atoms with Gasteiger partial charge in [0.25, 0.3) is 5.91 Å². The summed E-state index contributed by atoms with van der Waals surface area (Å²) in [5.41, 5.74) is 5.81. The zero-order valence-corrected chi connectivity index (χ0v) is 12.0. The van der Waals surface area contributed by atoms with Crippen LogP contribution in [0, 0.1) is 6.92 Å². The molecule has 1 aromatic rings. The molecule has 0 spiro atoms. The van der Waals surface area contributed by atoms with Gasteiger partial charge in [-0.05, 0) is 38.7 Å². The molecular formula is C13H18F2N2O2S. The maximum absolute atomic E-state index is 12.3. The van der Waals surface area contributed by atoms with Crippen molar-refractivity contribution in [3.05, 3.63) is 15.8 Å². The first-order chi connectivity index (χ1) is 9.45. The average Bonchev–Trinajstić information content (AvgIpc) is 2.72. The van der Waals surface area contributed by atoms with Gasteiger partial charge < -0.3 is 15.8 Å². The van der Waals surface area contributed by atoms with Gasteiger partial charge >= 0.3 is 6.61 Å². The van der Waals surface area contributed by atoms with Crippen LogP contribution in [-0.2, 0) is 0 Å². The molecule has 0 aromatic carbocycles. The standard InChI is InChI=1S/C13H18F2N2O2S/c1-7-6-10(19-13(14)15)11(20-7)12(18)17-9-4-2-8(16)3-5-9/h6,8-9,13H,2-5,16H2,1H3,(H,17,18). The minimum atomic E-state index is -2.93. The Morgan fingerprint density at radius 3 is 2.70 bits per heavy atom. The van der Waals surface area contributed by atoms with E-state index in [9.17, 15) is 13.6 Å². The van der Waals surface area contributed by atoms with Crippen LogP contribution in [0.1, 0.15) is 40.2 Å². The van der Waals surface area contributed by atoms with Crippen molar-refractivity contribution in [1.29, 1.82) is 0 Å². The molecule has 20 heavy (non-hydrogen) atoms. The van der Waals surface area contributed by atoms with E-state index in [0.29, 0.717) is 0 Å². The fourth-order valence-electron chi connectivity index (χ4n) is 2.35. The monoisotopic (exact) mass is 304 g/mol. The fourth-order valence-corrected chi connectivity index (χ4v) is 3.19. The molecule has 1 saturated carbocycles. The number of hydrogen-bond acceptors (Lipinski definition) is 4. The van der Waals surface area contributed by atoms with E-state index in [1.54, 1.807) is 6.92 Å². The SMILES string of the molecule is Cc1cc(OC(F)F)c(C(=O)NC2CCC(N)CC2)s1. The molecule has 0 atom stereocenters. The third-order valence-electron chi connectivity index (χ3n) is 3.35. The smallest absolute Gasteiger partial charge is 0.387 e. The van der Waals surface area contributed by atoms with Crippen LogP contribution in [0.2, 0.25) is 0 Å². The minimum Gasteiger partial charge on any atom is -0.433 e. The second-order valence-electron chi connectivity index (χ2n) is 5.01. The molecule has 1 amide bonds. The van der Waals surface area contributed by atoms with Crippen molar-refractivity contribution in [1.82, 2.24) is 5.32 Å². The van der Waals surface area contributed by atoms with Crippen molar-refractivity contribution in [3.8, 4) is 5.75 Å². The number of hydrogen-bond donors (Lipinski definition) is 2. The van der Waals surface area contributed by atoms with Crippen molar-refractivity contribution in [2.45, 2.75) is 51.3 Å². The lowest BCUT2D eigenvalue weighted by molar-refractivity contribution is -0.0498. The summed E-state index contributed by atoms with van der Waals surface area (Å²) in [4.78, 5) is 13.1. The van der Waals surface area contributed by atoms with Crippen LogP contribution in [0.15, 0.2) is 6.07 Å². The van der Waals surface area contributed by atoms with E-state index in [-0.39, 0.29) is 28.6 Å². The Morgan fingerprint density at radius 2 is 2.10 bits per heavy atom. The van der Waals surface area contributed by atoms with Crippen molar-refractivity contribution in [2.24, 2.45) is 5.73 Å². The molecule has 1 aliphatic rings. The molecule has 0 unspecified atom stereocenters. The van der Waals surface area contributed by atoms with Crippen LogP contribution in [-0.4, -0.2) is 24.6 Å². The number of aryl methyl sites for hydroxylation is 1. The highest BCUT2D eigenvalue weighted by Crippen LogP contribution is 2.30. The summed E-state index contributed by atoms with van der Waals surface area (Å²) < 4.78 is 29.0. The first-order valence-corrected chi connectivity index (χ1v) is 7.39. The Kier molecular flexibility index (Phi) is 4.93. The van der Waals surface area contributed by atoms with E-state index in [2.05, 4.69) is 10.1 Å². The van der Waals surface area contributed by atoms with Gasteiger partial charge in [0.1, 0.15) is 10.6 Å². The van der Waals surface area contributed by atoms with Crippen LogP contribution >= 0.6 is 11.3 Å². The van der Waals surface area contributed by atoms with E-state index in [1.165, 1.54) is 6.07 Å². The maximum Gasteiger partial charge on any atom is 0.387 e. The highest BCUT2D eigenvalue weighted by atomic mass is 32.1. The average molecular weight is 304 g/mol. The number of nitrogens with one attached hydrogen (secondary N) is 1. The number of amides is 1. The van der Waals surface area contributed by atoms with E-state index in [1.807, 2.05) is 0 Å². The second kappa shape index (κ2) is 6.49. The van der Waals surface area contributed by atoms with Crippen molar-refractivity contribution in [3.63, 3.8) is 0 Å². The van der Waals surface area contributed by atoms with E-state index >= 15 is 0 Å². The summed E-state index contributed by atoms with van der Waals surface area (Å²) in [5.74, 6) is -0.397. The van der Waals surface area contributed by atoms with Gasteiger partial charge in [-0.1, -0.05) is 0 Å². The fraction of sp³-hybridized carbons (Fsp3) is 0.615. The van der Waals surface area contributed by atoms with Gasteiger partial charge in [0.05, 0.1) is 0 Å². The second-order valence-corrected chi connectivity index (χ2v) is 6.27. The lowest BCUT2D eigenvalue weighted by Crippen LogP contribution is -2.40. The Morgan fingerprint density at radius 1 is 1.45 bits per heavy atom. The van der Waals surface area contributed by atoms with Crippen LogP contribution in [0.3, 0.4) is 0 Å². The zero-order chi connectivity index (χ0) is 14.7. The zero-order valence-electron chi connectivity index (χ0n) is 11.2. The summed E-state index contributed by atoms with van der Waals surface area (Å²) in [6.07, 6.45) is 3.38. The summed E-state index contributed by atoms with van der Waals surface area (Å²) in [6.45, 7) is -1.18. The number of nitrogens with two attached hydrogens (primary N) is 1. The number of thiophene rings is 1. The quantitative estimate of drug-likeness (QED) is 0.899. The van der Waals surface area contributed by atoms with Crippen molar-refractivity contribution >= 4 is 17.2 Å². The highest BCUT2D eigenvalue weighted by molar-refractivity contribution is 7.14. The lowest BCUT2D eigenvalue weighted by atomic mass is 9.92. The van der Waals surface area contributed by atoms with Gasteiger partial charge in [-0.25, -0.2) is 0 Å². The molecule has 4 nitrogen and oxygen atoms in total. The van der Waals surface area contributed by atoms with Crippen LogP contribution < -0.4 is 15.8 Å². The topological polar surface area (TPSA) is 64.3 Å². The number of ether oxygens (including phenoxy) is 1. The number of carbonyl (C=O) groups is 1. The molecule has 1 aromatic heterocycles. The molecule has 0 radical (unpaired) electrons. The summed E-state index contributed by atoms with van der Waals surface area (Å²) in [7, 11) is 0. The molecular weight excluding hydrogens is 286 g/mol. The Labute approximate surface area is 120 Å². The molecule has 1 heterocycles. The molecule has 3 N–H and O–H groups in total. The van der Waals surface area contributed by atoms with Gasteiger partial charge in [0, 0.05) is 17.0 Å². The number of alkyl halides is 2. The lowest BCUT2D eigenvalue weighted by Gasteiger charge is -2.26. The van der Waals surface area contributed by atoms with E-state index < -0.39 is 6.61 Å². The normalized spacial score (nSPS) is 22.9. The molecule has 0 saturated heterocycles. The van der Waals surface area contributed by atoms with E-state index in [0.717, 1.165) is 41.9 Å². The molecule has 1 fully saturated rings. The molecule has 0 bridgehead atoms. The predicted octanol–water partition coefficient (Wildman–Crippen LogP) is 2.66. The summed E-state index contributed by atoms with van der Waals surface area (Å²) in [5, 5.41) is 2.87. The van der Waals surface area contributed by atoms with Gasteiger partial charge in [-0.15, -0.1) is 11.3 Å². The van der Waals surface area contributed by atoms with Crippen LogP contribution in [0.5, 0.6) is 5.75 Å². The maximum atomic E-state index is 12.3. The first kappa shape index (κ1) is 15.2. The Hall–Kier alpha value is -1.21. The van der Waals surface area contributed by atoms with E-state index in [4.69, 9.17) is 5.73 Å². The number of carbonyl (C=O) groups excluding carboxylic acids is 1. The van der Waals surface area contributed by atoms with Crippen LogP contribution in [0.25, 0.3) is 0 Å². The third kappa shape index (κ3) is 3.89. The molecule has 7 heteroatoms. The Bertz CT molecular complexity index is 471. The summed E-state index contributed by atoms with van der Waals surface area (Å²) >= 11 is 1.16. The van der Waals surface area contributed by atoms with Crippen LogP contribution in [0.4, 0.5) is 8.78 Å². The third-order valence-corrected chi connectivity index (χ3v) is 4.38. The molecule has 0 aliphatic heterocycles. The number of halogens is 2. The first-order valence-electron chi connectivity index (χ1n) is 6.57. The van der Waals surface area contributed by atoms with Crippen molar-refractivity contribution in [2.75, 3.05) is 0 Å². The summed E-state index contributed by atoms with van der Waals surface area (Å²) in [6, 6.07) is 1.72. The predicted molar refractivity (Wildman–Crippen MR) is 73.4 cm³/mol. The Balaban J connectivity index is 2.01. The van der Waals surface area contributed by atoms with Gasteiger partial charge in [-0.2, -0.15) is 8.78 Å². The van der Waals surface area contributed by atoms with Gasteiger partial charge in [-0.3, -0.25) is 4.79 Å². The molecule has 1 aliphatic carbocycles. The highest BCUT2D eigenvalue weighted by Gasteiger charge is 2.24. The van der Waals surface area contributed by atoms with Gasteiger partial charge in [0.2, 0.25) is 0 Å². The van der Waals surface area contributed by atoms with Gasteiger partial charge in [0.15, 0.2) is 0 Å².